The van der Waals surface area contributed by atoms with Crippen LogP contribution in [0.3, 0.4) is 0 Å². The summed E-state index contributed by atoms with van der Waals surface area (Å²) in [5.74, 6) is 0.405. The summed E-state index contributed by atoms with van der Waals surface area (Å²) < 4.78 is 4.89. The van der Waals surface area contributed by atoms with E-state index in [0.29, 0.717) is 22.2 Å². The molecule has 13 heavy (non-hydrogen) atoms. The molecule has 66 valence electrons. The number of rotatable bonds is 1. The molecule has 0 radical (unpaired) electrons. The molecule has 0 N–H and O–H groups in total. The van der Waals surface area contributed by atoms with Gasteiger partial charge in [0.15, 0.2) is 10.8 Å². The molecule has 0 bridgehead atoms. The Balaban J connectivity index is 2.72. The Morgan fingerprint density at radius 2 is 2.15 bits per heavy atom. The third-order valence-corrected chi connectivity index (χ3v) is 1.76. The second-order valence-corrected chi connectivity index (χ2v) is 2.61. The molecule has 0 fully saturated rings. The summed E-state index contributed by atoms with van der Waals surface area (Å²) in [7, 11) is 1.51. The topological polar surface area (TPSA) is 60.8 Å². The molecule has 2 heterocycles. The van der Waals surface area contributed by atoms with Crippen molar-refractivity contribution in [3.05, 3.63) is 17.7 Å². The molecule has 0 aromatic carbocycles. The summed E-state index contributed by atoms with van der Waals surface area (Å²) in [4.78, 5) is 15.7. The molecule has 0 aliphatic carbocycles. The molecule has 0 aliphatic heterocycles. The number of aromatic nitrogens is 4. The van der Waals surface area contributed by atoms with Crippen LogP contribution >= 0.6 is 11.6 Å². The van der Waals surface area contributed by atoms with Gasteiger partial charge in [0, 0.05) is 0 Å². The summed E-state index contributed by atoms with van der Waals surface area (Å²) in [6, 6.07) is 0. The van der Waals surface area contributed by atoms with Crippen LogP contribution in [-0.2, 0) is 0 Å². The molecule has 2 aromatic rings. The third-order valence-electron chi connectivity index (χ3n) is 1.49. The van der Waals surface area contributed by atoms with E-state index in [2.05, 4.69) is 19.9 Å². The van der Waals surface area contributed by atoms with Crippen LogP contribution in [0.15, 0.2) is 12.5 Å². The summed E-state index contributed by atoms with van der Waals surface area (Å²) in [6.45, 7) is 0. The standard InChI is InChI=1S/C7H5ClN4O/c1-13-4-2-9-5-6(8)10-3-11-7(5)12-4/h2-3H,1H3. The van der Waals surface area contributed by atoms with Gasteiger partial charge in [-0.1, -0.05) is 11.6 Å². The maximum Gasteiger partial charge on any atom is 0.234 e. The van der Waals surface area contributed by atoms with Gasteiger partial charge >= 0.3 is 0 Å². The molecule has 6 heteroatoms. The Morgan fingerprint density at radius 1 is 1.31 bits per heavy atom. The van der Waals surface area contributed by atoms with Gasteiger partial charge < -0.3 is 4.74 Å². The van der Waals surface area contributed by atoms with Crippen molar-refractivity contribution in [2.75, 3.05) is 7.11 Å². The molecule has 0 amide bonds. The first-order chi connectivity index (χ1) is 6.31. The van der Waals surface area contributed by atoms with Crippen LogP contribution in [-0.4, -0.2) is 27.0 Å². The van der Waals surface area contributed by atoms with E-state index < -0.39 is 0 Å². The smallest absolute Gasteiger partial charge is 0.234 e. The average molecular weight is 197 g/mol. The highest BCUT2D eigenvalue weighted by atomic mass is 35.5. The minimum Gasteiger partial charge on any atom is -0.480 e. The van der Waals surface area contributed by atoms with Crippen molar-refractivity contribution in [2.45, 2.75) is 0 Å². The highest BCUT2D eigenvalue weighted by Gasteiger charge is 2.04. The van der Waals surface area contributed by atoms with Crippen molar-refractivity contribution in [2.24, 2.45) is 0 Å². The lowest BCUT2D eigenvalue weighted by atomic mass is 10.5. The van der Waals surface area contributed by atoms with Gasteiger partial charge in [-0.15, -0.1) is 0 Å². The fourth-order valence-corrected chi connectivity index (χ4v) is 1.07. The first-order valence-corrected chi connectivity index (χ1v) is 3.86. The van der Waals surface area contributed by atoms with E-state index >= 15 is 0 Å². The van der Waals surface area contributed by atoms with Gasteiger partial charge in [-0.3, -0.25) is 0 Å². The number of ether oxygens (including phenoxy) is 1. The van der Waals surface area contributed by atoms with E-state index in [0.717, 1.165) is 0 Å². The number of fused-ring (bicyclic) bond motifs is 1. The van der Waals surface area contributed by atoms with Gasteiger partial charge in [0.1, 0.15) is 11.8 Å². The molecule has 0 unspecified atom stereocenters. The van der Waals surface area contributed by atoms with E-state index in [1.54, 1.807) is 0 Å². The van der Waals surface area contributed by atoms with Crippen LogP contribution in [0.4, 0.5) is 0 Å². The van der Waals surface area contributed by atoms with Crippen molar-refractivity contribution in [1.29, 1.82) is 0 Å². The number of halogens is 1. The molecule has 0 aliphatic rings. The number of hydrogen-bond acceptors (Lipinski definition) is 5. The van der Waals surface area contributed by atoms with Crippen LogP contribution in [0.5, 0.6) is 5.88 Å². The van der Waals surface area contributed by atoms with Crippen molar-refractivity contribution >= 4 is 22.8 Å². The zero-order valence-corrected chi connectivity index (χ0v) is 7.49. The van der Waals surface area contributed by atoms with Gasteiger partial charge in [0.25, 0.3) is 0 Å². The van der Waals surface area contributed by atoms with Crippen LogP contribution in [0.1, 0.15) is 0 Å². The van der Waals surface area contributed by atoms with Crippen LogP contribution in [0.2, 0.25) is 5.15 Å². The van der Waals surface area contributed by atoms with E-state index in [1.165, 1.54) is 19.6 Å². The molecule has 0 saturated heterocycles. The zero-order valence-electron chi connectivity index (χ0n) is 6.73. The fraction of sp³-hybridized carbons (Fsp3) is 0.143. The number of methoxy groups -OCH3 is 1. The Hall–Kier alpha value is -1.49. The van der Waals surface area contributed by atoms with Crippen LogP contribution < -0.4 is 4.74 Å². The summed E-state index contributed by atoms with van der Waals surface area (Å²) in [5, 5.41) is 0.292. The van der Waals surface area contributed by atoms with Crippen molar-refractivity contribution in [3.63, 3.8) is 0 Å². The quantitative estimate of drug-likeness (QED) is 0.639. The van der Waals surface area contributed by atoms with Gasteiger partial charge in [-0.05, 0) is 0 Å². The van der Waals surface area contributed by atoms with Crippen molar-refractivity contribution < 1.29 is 4.74 Å². The minimum atomic E-state index is 0.292. The highest BCUT2D eigenvalue weighted by Crippen LogP contribution is 2.16. The van der Waals surface area contributed by atoms with Gasteiger partial charge in [-0.25, -0.2) is 15.0 Å². The lowest BCUT2D eigenvalue weighted by molar-refractivity contribution is 0.397. The summed E-state index contributed by atoms with van der Waals surface area (Å²) >= 11 is 5.76. The highest BCUT2D eigenvalue weighted by molar-refractivity contribution is 6.33. The maximum atomic E-state index is 5.76. The lowest BCUT2D eigenvalue weighted by Crippen LogP contribution is -1.93. The largest absolute Gasteiger partial charge is 0.480 e. The predicted octanol–water partition coefficient (Wildman–Crippen LogP) is 1.08. The Kier molecular flexibility index (Phi) is 1.94. The van der Waals surface area contributed by atoms with Crippen LogP contribution in [0.25, 0.3) is 11.2 Å². The Bertz CT molecular complexity index is 447. The monoisotopic (exact) mass is 196 g/mol. The third kappa shape index (κ3) is 1.38. The van der Waals surface area contributed by atoms with Crippen molar-refractivity contribution in [1.82, 2.24) is 19.9 Å². The SMILES string of the molecule is COc1cnc2c(Cl)ncnc2n1. The molecular weight excluding hydrogens is 192 g/mol. The maximum absolute atomic E-state index is 5.76. The van der Waals surface area contributed by atoms with Crippen molar-refractivity contribution in [3.8, 4) is 5.88 Å². The first-order valence-electron chi connectivity index (χ1n) is 3.48. The molecule has 0 saturated carbocycles. The summed E-state index contributed by atoms with van der Waals surface area (Å²) in [6.07, 6.45) is 2.80. The lowest BCUT2D eigenvalue weighted by Gasteiger charge is -1.99. The minimum absolute atomic E-state index is 0.292. The molecule has 2 aromatic heterocycles. The Morgan fingerprint density at radius 3 is 2.92 bits per heavy atom. The fourth-order valence-electron chi connectivity index (χ4n) is 0.893. The normalized spacial score (nSPS) is 10.3. The summed E-state index contributed by atoms with van der Waals surface area (Å²) in [5.41, 5.74) is 0.907. The van der Waals surface area contributed by atoms with E-state index in [1.807, 2.05) is 0 Å². The second-order valence-electron chi connectivity index (χ2n) is 2.25. The zero-order chi connectivity index (χ0) is 9.26. The molecular formula is C7H5ClN4O. The first kappa shape index (κ1) is 8.12. The van der Waals surface area contributed by atoms with Gasteiger partial charge in [0.2, 0.25) is 5.88 Å². The van der Waals surface area contributed by atoms with E-state index in [4.69, 9.17) is 16.3 Å². The molecule has 0 atom stereocenters. The molecule has 0 spiro atoms. The number of hydrogen-bond donors (Lipinski definition) is 0. The predicted molar refractivity (Wildman–Crippen MR) is 46.7 cm³/mol. The molecule has 5 nitrogen and oxygen atoms in total. The average Bonchev–Trinajstić information content (AvgIpc) is 2.18. The van der Waals surface area contributed by atoms with Gasteiger partial charge in [-0.2, -0.15) is 4.98 Å². The van der Waals surface area contributed by atoms with Crippen LogP contribution in [0, 0.1) is 0 Å². The van der Waals surface area contributed by atoms with E-state index in [-0.39, 0.29) is 0 Å². The number of nitrogens with zero attached hydrogens (tertiary/aromatic N) is 4. The van der Waals surface area contributed by atoms with Gasteiger partial charge in [0.05, 0.1) is 13.3 Å². The Labute approximate surface area is 78.8 Å². The molecule has 2 rings (SSSR count). The second kappa shape index (κ2) is 3.10. The van der Waals surface area contributed by atoms with E-state index in [9.17, 15) is 0 Å².